The lowest BCUT2D eigenvalue weighted by atomic mass is 10.1. The molecule has 7 nitrogen and oxygen atoms in total. The Kier molecular flexibility index (Phi) is 9.85. The van der Waals surface area contributed by atoms with E-state index in [-0.39, 0.29) is 24.0 Å². The molecule has 0 saturated heterocycles. The molecule has 2 rings (SSSR count). The fraction of sp³-hybridized carbons (Fsp3) is 0.444. The lowest BCUT2D eigenvalue weighted by Crippen LogP contribution is -2.23. The minimum Gasteiger partial charge on any atom is -0.494 e. The molecule has 1 aromatic heterocycles. The number of aromatic amines is 1. The molecule has 144 valence electrons. The highest BCUT2D eigenvalue weighted by molar-refractivity contribution is 14.0. The number of nitrogens with zero attached hydrogens (tertiary/aromatic N) is 2. The van der Waals surface area contributed by atoms with Gasteiger partial charge in [0.25, 0.3) is 0 Å². The van der Waals surface area contributed by atoms with E-state index in [4.69, 9.17) is 15.2 Å². The number of hydrogen-bond acceptors (Lipinski definition) is 4. The normalized spacial score (nSPS) is 11.0. The maximum absolute atomic E-state index is 6.01. The summed E-state index contributed by atoms with van der Waals surface area (Å²) in [7, 11) is 0. The molecule has 26 heavy (non-hydrogen) atoms. The summed E-state index contributed by atoms with van der Waals surface area (Å²) in [4.78, 5) is 4.38. The van der Waals surface area contributed by atoms with Gasteiger partial charge in [0.05, 0.1) is 25.1 Å². The highest BCUT2D eigenvalue weighted by Gasteiger charge is 2.07. The number of H-pyrrole nitrogens is 1. The van der Waals surface area contributed by atoms with Crippen molar-refractivity contribution < 1.29 is 9.47 Å². The molecule has 4 N–H and O–H groups in total. The van der Waals surface area contributed by atoms with E-state index >= 15 is 0 Å². The summed E-state index contributed by atoms with van der Waals surface area (Å²) in [6, 6.07) is 5.61. The average molecular weight is 473 g/mol. The van der Waals surface area contributed by atoms with Gasteiger partial charge in [0.15, 0.2) is 5.96 Å². The first-order chi connectivity index (χ1) is 12.1. The molecule has 0 unspecified atom stereocenters. The third-order valence-electron chi connectivity index (χ3n) is 3.65. The molecule has 0 bridgehead atoms. The van der Waals surface area contributed by atoms with E-state index in [0.29, 0.717) is 25.7 Å². The number of nitrogens with two attached hydrogens (primary N) is 1. The Hall–Kier alpha value is -1.97. The summed E-state index contributed by atoms with van der Waals surface area (Å²) >= 11 is 0. The average Bonchev–Trinajstić information content (AvgIpc) is 2.99. The Morgan fingerprint density at radius 3 is 2.69 bits per heavy atom. The Morgan fingerprint density at radius 2 is 2.04 bits per heavy atom. The minimum absolute atomic E-state index is 0. The van der Waals surface area contributed by atoms with Crippen LogP contribution in [0.5, 0.6) is 11.5 Å². The highest BCUT2D eigenvalue weighted by atomic mass is 127. The summed E-state index contributed by atoms with van der Waals surface area (Å²) in [5.41, 5.74) is 9.07. The van der Waals surface area contributed by atoms with Crippen LogP contribution in [0.2, 0.25) is 0 Å². The molecule has 0 aliphatic rings. The van der Waals surface area contributed by atoms with E-state index in [0.717, 1.165) is 35.7 Å². The zero-order valence-corrected chi connectivity index (χ0v) is 17.9. The minimum atomic E-state index is 0. The van der Waals surface area contributed by atoms with E-state index in [1.54, 1.807) is 0 Å². The Labute approximate surface area is 171 Å². The lowest BCUT2D eigenvalue weighted by Gasteiger charge is -2.14. The predicted molar refractivity (Wildman–Crippen MR) is 116 cm³/mol. The molecular weight excluding hydrogens is 445 g/mol. The van der Waals surface area contributed by atoms with Gasteiger partial charge in [-0.25, -0.2) is 0 Å². The maximum atomic E-state index is 6.01. The van der Waals surface area contributed by atoms with Crippen LogP contribution in [-0.2, 0) is 6.42 Å². The zero-order valence-electron chi connectivity index (χ0n) is 15.5. The number of aryl methyl sites for hydroxylation is 2. The molecule has 0 radical (unpaired) electrons. The number of halogens is 1. The molecule has 2 aromatic rings. The predicted octanol–water partition coefficient (Wildman–Crippen LogP) is 3.49. The fourth-order valence-corrected chi connectivity index (χ4v) is 2.42. The van der Waals surface area contributed by atoms with Crippen molar-refractivity contribution in [1.29, 1.82) is 0 Å². The monoisotopic (exact) mass is 473 g/mol. The molecule has 0 saturated carbocycles. The summed E-state index contributed by atoms with van der Waals surface area (Å²) in [6.45, 7) is 7.71. The number of rotatable bonds is 9. The quantitative estimate of drug-likeness (QED) is 0.224. The number of benzene rings is 1. The summed E-state index contributed by atoms with van der Waals surface area (Å²) in [5.74, 6) is 1.84. The van der Waals surface area contributed by atoms with Crippen molar-refractivity contribution in [3.05, 3.63) is 35.7 Å². The van der Waals surface area contributed by atoms with E-state index < -0.39 is 0 Å². The smallest absolute Gasteiger partial charge is 0.193 e. The SMILES string of the molecule is CCOc1ccc(OCC)c(NC(N)=NCCCc2cn[nH]c2C)c1.I. The van der Waals surface area contributed by atoms with Gasteiger partial charge in [-0.1, -0.05) is 0 Å². The molecule has 0 aliphatic heterocycles. The highest BCUT2D eigenvalue weighted by Crippen LogP contribution is 2.29. The first-order valence-electron chi connectivity index (χ1n) is 8.59. The van der Waals surface area contributed by atoms with Crippen LogP contribution in [0, 0.1) is 6.92 Å². The number of hydrogen-bond donors (Lipinski definition) is 3. The number of ether oxygens (including phenoxy) is 2. The van der Waals surface area contributed by atoms with Crippen molar-refractivity contribution in [3.63, 3.8) is 0 Å². The van der Waals surface area contributed by atoms with E-state index in [2.05, 4.69) is 20.5 Å². The fourth-order valence-electron chi connectivity index (χ4n) is 2.42. The molecule has 0 atom stereocenters. The number of anilines is 1. The van der Waals surface area contributed by atoms with Crippen LogP contribution < -0.4 is 20.5 Å². The Balaban J connectivity index is 0.00000338. The van der Waals surface area contributed by atoms with E-state index in [1.165, 1.54) is 5.56 Å². The van der Waals surface area contributed by atoms with Crippen molar-refractivity contribution in [2.24, 2.45) is 10.7 Å². The van der Waals surface area contributed by atoms with Crippen molar-refractivity contribution in [1.82, 2.24) is 10.2 Å². The molecule has 0 spiro atoms. The van der Waals surface area contributed by atoms with Crippen LogP contribution in [0.1, 0.15) is 31.5 Å². The van der Waals surface area contributed by atoms with Crippen LogP contribution in [0.3, 0.4) is 0 Å². The van der Waals surface area contributed by atoms with Gasteiger partial charge in [-0.2, -0.15) is 5.10 Å². The van der Waals surface area contributed by atoms with Crippen molar-refractivity contribution in [2.75, 3.05) is 25.1 Å². The van der Waals surface area contributed by atoms with Crippen LogP contribution in [-0.4, -0.2) is 35.9 Å². The molecule has 0 amide bonds. The van der Waals surface area contributed by atoms with E-state index in [9.17, 15) is 0 Å². The second-order valence-electron chi connectivity index (χ2n) is 5.54. The summed E-state index contributed by atoms with van der Waals surface area (Å²) in [5, 5.41) is 10.1. The van der Waals surface area contributed by atoms with Crippen LogP contribution in [0.15, 0.2) is 29.4 Å². The molecule has 8 heteroatoms. The molecule has 0 aliphatic carbocycles. The topological polar surface area (TPSA) is 97.6 Å². The summed E-state index contributed by atoms with van der Waals surface area (Å²) in [6.07, 6.45) is 3.68. The Morgan fingerprint density at radius 1 is 1.27 bits per heavy atom. The third-order valence-corrected chi connectivity index (χ3v) is 3.65. The van der Waals surface area contributed by atoms with E-state index in [1.807, 2.05) is 45.2 Å². The molecule has 1 heterocycles. The van der Waals surface area contributed by atoms with Gasteiger partial charge in [0.2, 0.25) is 0 Å². The van der Waals surface area contributed by atoms with Gasteiger partial charge in [-0.15, -0.1) is 24.0 Å². The third kappa shape index (κ3) is 6.74. The number of guanidine groups is 1. The second-order valence-corrected chi connectivity index (χ2v) is 5.54. The maximum Gasteiger partial charge on any atom is 0.193 e. The Bertz CT molecular complexity index is 703. The number of aliphatic imine (C=N–C) groups is 1. The van der Waals surface area contributed by atoms with Gasteiger partial charge in [-0.3, -0.25) is 10.1 Å². The largest absolute Gasteiger partial charge is 0.494 e. The first-order valence-corrected chi connectivity index (χ1v) is 8.59. The molecule has 0 fully saturated rings. The molecule has 1 aromatic carbocycles. The second kappa shape index (κ2) is 11.6. The summed E-state index contributed by atoms with van der Waals surface area (Å²) < 4.78 is 11.1. The zero-order chi connectivity index (χ0) is 18.1. The van der Waals surface area contributed by atoms with Gasteiger partial charge in [-0.05, 0) is 51.3 Å². The van der Waals surface area contributed by atoms with Crippen LogP contribution in [0.4, 0.5) is 5.69 Å². The van der Waals surface area contributed by atoms with Crippen molar-refractivity contribution in [2.45, 2.75) is 33.6 Å². The standard InChI is InChI=1S/C18H27N5O2.HI/c1-4-24-15-8-9-17(25-5-2)16(11-15)22-18(19)20-10-6-7-14-12-21-23-13(14)3;/h8-9,11-12H,4-7,10H2,1-3H3,(H,21,23)(H3,19,20,22);1H. The van der Waals surface area contributed by atoms with Gasteiger partial charge in [0.1, 0.15) is 11.5 Å². The van der Waals surface area contributed by atoms with Crippen molar-refractivity contribution in [3.8, 4) is 11.5 Å². The van der Waals surface area contributed by atoms with Gasteiger partial charge in [0, 0.05) is 18.3 Å². The first kappa shape index (κ1) is 22.1. The van der Waals surface area contributed by atoms with Crippen molar-refractivity contribution >= 4 is 35.6 Å². The molecular formula is C18H28IN5O2. The lowest BCUT2D eigenvalue weighted by molar-refractivity contribution is 0.332. The van der Waals surface area contributed by atoms with Crippen LogP contribution in [0.25, 0.3) is 0 Å². The van der Waals surface area contributed by atoms with Crippen LogP contribution >= 0.6 is 24.0 Å². The van der Waals surface area contributed by atoms with Gasteiger partial charge >= 0.3 is 0 Å². The number of aromatic nitrogens is 2. The number of nitrogens with one attached hydrogen (secondary N) is 2. The van der Waals surface area contributed by atoms with Gasteiger partial charge < -0.3 is 20.5 Å².